The van der Waals surface area contributed by atoms with Crippen LogP contribution in [0.3, 0.4) is 0 Å². The van der Waals surface area contributed by atoms with Gasteiger partial charge in [0.15, 0.2) is 0 Å². The molecule has 0 aliphatic carbocycles. The first-order valence-electron chi connectivity index (χ1n) is 12.3. The Hall–Kier alpha value is -3.85. The number of rotatable bonds is 6. The largest absolute Gasteiger partial charge is 0.507 e. The number of hydrogen-bond donors (Lipinski definition) is 1. The molecule has 0 bridgehead atoms. The number of carbonyl (C=O) groups excluding carboxylic acids is 1. The average molecular weight is 479 g/mol. The Kier molecular flexibility index (Phi) is 6.77. The van der Waals surface area contributed by atoms with Gasteiger partial charge in [0.25, 0.3) is 0 Å². The van der Waals surface area contributed by atoms with Gasteiger partial charge in [0.2, 0.25) is 0 Å². The third-order valence-electron chi connectivity index (χ3n) is 7.27. The van der Waals surface area contributed by atoms with Crippen molar-refractivity contribution in [3.8, 4) is 11.5 Å². The fourth-order valence-electron chi connectivity index (χ4n) is 4.46. The maximum atomic E-state index is 13.0. The molecule has 0 spiro atoms. The van der Waals surface area contributed by atoms with Crippen molar-refractivity contribution in [2.75, 3.05) is 0 Å². The van der Waals surface area contributed by atoms with Gasteiger partial charge < -0.3 is 9.84 Å². The van der Waals surface area contributed by atoms with Crippen LogP contribution in [0.25, 0.3) is 0 Å². The summed E-state index contributed by atoms with van der Waals surface area (Å²) >= 11 is 0. The van der Waals surface area contributed by atoms with Crippen LogP contribution >= 0.6 is 0 Å². The summed E-state index contributed by atoms with van der Waals surface area (Å²) in [4.78, 5) is 13.0. The van der Waals surface area contributed by atoms with Crippen LogP contribution in [0.5, 0.6) is 11.5 Å². The van der Waals surface area contributed by atoms with Crippen molar-refractivity contribution in [1.82, 2.24) is 0 Å². The molecule has 0 amide bonds. The summed E-state index contributed by atoms with van der Waals surface area (Å²) in [5.41, 5.74) is 6.42. The van der Waals surface area contributed by atoms with E-state index in [1.165, 1.54) is 16.7 Å². The Morgan fingerprint density at radius 2 is 1.00 bits per heavy atom. The number of ether oxygens (including phenoxy) is 1. The maximum absolute atomic E-state index is 13.0. The predicted octanol–water partition coefficient (Wildman–Crippen LogP) is 7.88. The molecule has 0 unspecified atom stereocenters. The highest BCUT2D eigenvalue weighted by Crippen LogP contribution is 2.35. The van der Waals surface area contributed by atoms with Crippen LogP contribution in [0.1, 0.15) is 71.4 Å². The standard InChI is InChI=1S/C33H34O3/c1-22-7-11-24(12-8-22)32(3,4)26-15-18-28(19-16-26)36-31(35)29-21-27(17-20-30(29)34)33(5,6)25-13-9-23(2)10-14-25/h7-21,34H,1-6H3. The minimum absolute atomic E-state index is 0.0967. The quantitative estimate of drug-likeness (QED) is 0.226. The molecular weight excluding hydrogens is 444 g/mol. The van der Waals surface area contributed by atoms with Crippen molar-refractivity contribution >= 4 is 5.97 Å². The number of carbonyl (C=O) groups is 1. The Balaban J connectivity index is 1.55. The van der Waals surface area contributed by atoms with Crippen LogP contribution in [-0.4, -0.2) is 11.1 Å². The first kappa shape index (κ1) is 25.2. The van der Waals surface area contributed by atoms with Crippen LogP contribution < -0.4 is 4.74 Å². The van der Waals surface area contributed by atoms with Gasteiger partial charge in [-0.3, -0.25) is 0 Å². The first-order chi connectivity index (χ1) is 17.0. The van der Waals surface area contributed by atoms with Crippen molar-refractivity contribution in [1.29, 1.82) is 0 Å². The van der Waals surface area contributed by atoms with Gasteiger partial charge in [0, 0.05) is 10.8 Å². The van der Waals surface area contributed by atoms with E-state index in [1.54, 1.807) is 24.3 Å². The lowest BCUT2D eigenvalue weighted by molar-refractivity contribution is 0.0731. The number of benzene rings is 4. The van der Waals surface area contributed by atoms with E-state index in [0.717, 1.165) is 16.7 Å². The zero-order chi connectivity index (χ0) is 26.1. The van der Waals surface area contributed by atoms with Crippen LogP contribution in [-0.2, 0) is 10.8 Å². The number of phenols is 1. The Morgan fingerprint density at radius 3 is 1.47 bits per heavy atom. The smallest absolute Gasteiger partial charge is 0.347 e. The lowest BCUT2D eigenvalue weighted by atomic mass is 9.77. The van der Waals surface area contributed by atoms with E-state index in [4.69, 9.17) is 4.74 Å². The molecule has 3 nitrogen and oxygen atoms in total. The average Bonchev–Trinajstić information content (AvgIpc) is 2.85. The van der Waals surface area contributed by atoms with Crippen LogP contribution in [0.2, 0.25) is 0 Å². The van der Waals surface area contributed by atoms with Gasteiger partial charge in [-0.05, 0) is 60.4 Å². The second kappa shape index (κ2) is 9.66. The Labute approximate surface area is 214 Å². The van der Waals surface area contributed by atoms with Crippen molar-refractivity contribution in [2.24, 2.45) is 0 Å². The molecule has 0 fully saturated rings. The van der Waals surface area contributed by atoms with Gasteiger partial charge in [0.05, 0.1) is 0 Å². The Morgan fingerprint density at radius 1 is 0.611 bits per heavy atom. The highest BCUT2D eigenvalue weighted by molar-refractivity contribution is 5.94. The third-order valence-corrected chi connectivity index (χ3v) is 7.27. The molecule has 184 valence electrons. The highest BCUT2D eigenvalue weighted by atomic mass is 16.5. The van der Waals surface area contributed by atoms with Crippen molar-refractivity contribution in [3.63, 3.8) is 0 Å². The third kappa shape index (κ3) is 5.06. The van der Waals surface area contributed by atoms with Gasteiger partial charge >= 0.3 is 5.97 Å². The minimum Gasteiger partial charge on any atom is -0.507 e. The summed E-state index contributed by atoms with van der Waals surface area (Å²) in [5, 5.41) is 10.5. The fourth-order valence-corrected chi connectivity index (χ4v) is 4.46. The van der Waals surface area contributed by atoms with Crippen molar-refractivity contribution in [2.45, 2.75) is 52.4 Å². The molecule has 0 saturated heterocycles. The summed E-state index contributed by atoms with van der Waals surface area (Å²) in [7, 11) is 0. The van der Waals surface area contributed by atoms with E-state index in [1.807, 2.05) is 18.2 Å². The summed E-state index contributed by atoms with van der Waals surface area (Å²) < 4.78 is 5.66. The molecule has 0 aliphatic heterocycles. The van der Waals surface area contributed by atoms with Gasteiger partial charge in [-0.15, -0.1) is 0 Å². The molecule has 0 radical (unpaired) electrons. The molecule has 0 aliphatic rings. The maximum Gasteiger partial charge on any atom is 0.347 e. The molecule has 3 heteroatoms. The van der Waals surface area contributed by atoms with E-state index in [2.05, 4.69) is 90.1 Å². The Bertz CT molecular complexity index is 1360. The summed E-state index contributed by atoms with van der Waals surface area (Å²) in [6.45, 7) is 12.7. The molecule has 4 aromatic carbocycles. The normalized spacial score (nSPS) is 11.8. The molecule has 4 aromatic rings. The molecule has 0 aromatic heterocycles. The number of aromatic hydroxyl groups is 1. The second-order valence-corrected chi connectivity index (χ2v) is 10.6. The number of phenolic OH excluding ortho intramolecular Hbond substituents is 1. The SMILES string of the molecule is Cc1ccc(C(C)(C)c2ccc(OC(=O)c3cc(C(C)(C)c4ccc(C)cc4)ccc3O)cc2)cc1. The van der Waals surface area contributed by atoms with Gasteiger partial charge in [-0.25, -0.2) is 4.79 Å². The van der Waals surface area contributed by atoms with E-state index >= 15 is 0 Å². The zero-order valence-corrected chi connectivity index (χ0v) is 21.9. The molecule has 0 heterocycles. The summed E-state index contributed by atoms with van der Waals surface area (Å²) in [6.07, 6.45) is 0. The molecule has 0 saturated carbocycles. The van der Waals surface area contributed by atoms with Crippen molar-refractivity contribution < 1.29 is 14.6 Å². The van der Waals surface area contributed by atoms with Gasteiger partial charge in [-0.1, -0.05) is 106 Å². The first-order valence-corrected chi connectivity index (χ1v) is 12.3. The molecule has 36 heavy (non-hydrogen) atoms. The molecule has 0 atom stereocenters. The predicted molar refractivity (Wildman–Crippen MR) is 146 cm³/mol. The van der Waals surface area contributed by atoms with Crippen molar-refractivity contribution in [3.05, 3.63) is 130 Å². The van der Waals surface area contributed by atoms with Gasteiger partial charge in [-0.2, -0.15) is 0 Å². The van der Waals surface area contributed by atoms with E-state index in [9.17, 15) is 9.90 Å². The highest BCUT2D eigenvalue weighted by Gasteiger charge is 2.26. The topological polar surface area (TPSA) is 46.5 Å². The van der Waals surface area contributed by atoms with Crippen LogP contribution in [0.4, 0.5) is 0 Å². The fraction of sp³-hybridized carbons (Fsp3) is 0.242. The molecular formula is C33H34O3. The monoisotopic (exact) mass is 478 g/mol. The molecule has 1 N–H and O–H groups in total. The number of aryl methyl sites for hydroxylation is 2. The van der Waals surface area contributed by atoms with Crippen LogP contribution in [0.15, 0.2) is 91.0 Å². The van der Waals surface area contributed by atoms with Gasteiger partial charge in [0.1, 0.15) is 17.1 Å². The lowest BCUT2D eigenvalue weighted by Crippen LogP contribution is -2.20. The summed E-state index contributed by atoms with van der Waals surface area (Å²) in [6, 6.07) is 29.6. The minimum atomic E-state index is -0.584. The molecule has 4 rings (SSSR count). The number of hydrogen-bond acceptors (Lipinski definition) is 3. The number of esters is 1. The summed E-state index contributed by atoms with van der Waals surface area (Å²) in [5.74, 6) is -0.244. The zero-order valence-electron chi connectivity index (χ0n) is 21.9. The van der Waals surface area contributed by atoms with E-state index in [-0.39, 0.29) is 22.1 Å². The lowest BCUT2D eigenvalue weighted by Gasteiger charge is -2.27. The second-order valence-electron chi connectivity index (χ2n) is 10.6. The van der Waals surface area contributed by atoms with E-state index in [0.29, 0.717) is 5.75 Å². The van der Waals surface area contributed by atoms with Crippen LogP contribution in [0, 0.1) is 13.8 Å². The van der Waals surface area contributed by atoms with E-state index < -0.39 is 5.97 Å².